The van der Waals surface area contributed by atoms with E-state index in [9.17, 15) is 4.79 Å². The predicted molar refractivity (Wildman–Crippen MR) is 81.7 cm³/mol. The first kappa shape index (κ1) is 15.3. The van der Waals surface area contributed by atoms with Crippen LogP contribution in [0.25, 0.3) is 0 Å². The summed E-state index contributed by atoms with van der Waals surface area (Å²) >= 11 is 0. The number of ketones is 1. The zero-order valence-electron chi connectivity index (χ0n) is 12.8. The molecular weight excluding hydrogens is 266 g/mol. The van der Waals surface area contributed by atoms with Crippen molar-refractivity contribution in [2.75, 3.05) is 20.2 Å². The zero-order valence-corrected chi connectivity index (χ0v) is 12.8. The maximum absolute atomic E-state index is 12.4. The molecule has 0 spiro atoms. The molecule has 0 aliphatic heterocycles. The molecule has 4 heteroatoms. The van der Waals surface area contributed by atoms with Gasteiger partial charge in [0.15, 0.2) is 5.78 Å². The molecule has 1 heterocycles. The van der Waals surface area contributed by atoms with Gasteiger partial charge >= 0.3 is 0 Å². The van der Waals surface area contributed by atoms with Gasteiger partial charge in [-0.05, 0) is 45.2 Å². The van der Waals surface area contributed by atoms with Crippen molar-refractivity contribution < 1.29 is 13.9 Å². The van der Waals surface area contributed by atoms with Crippen molar-refractivity contribution in [3.8, 4) is 5.75 Å². The van der Waals surface area contributed by atoms with Crippen molar-refractivity contribution in [2.45, 2.75) is 20.4 Å². The number of hydrogen-bond acceptors (Lipinski definition) is 4. The van der Waals surface area contributed by atoms with Gasteiger partial charge in [-0.25, -0.2) is 0 Å². The third kappa shape index (κ3) is 4.20. The van der Waals surface area contributed by atoms with Crippen LogP contribution < -0.4 is 4.74 Å². The summed E-state index contributed by atoms with van der Waals surface area (Å²) in [5, 5.41) is 0. The SMILES string of the molecule is CCOc1ccccc1C(=O)CN(C)Cc1ccc(C)o1. The molecule has 0 fully saturated rings. The summed E-state index contributed by atoms with van der Waals surface area (Å²) in [6.45, 7) is 5.30. The van der Waals surface area contributed by atoms with E-state index in [1.807, 2.05) is 56.1 Å². The minimum Gasteiger partial charge on any atom is -0.493 e. The highest BCUT2D eigenvalue weighted by atomic mass is 16.5. The average molecular weight is 287 g/mol. The smallest absolute Gasteiger partial charge is 0.180 e. The molecule has 2 aromatic rings. The van der Waals surface area contributed by atoms with Crippen molar-refractivity contribution in [3.63, 3.8) is 0 Å². The van der Waals surface area contributed by atoms with Crippen LogP contribution >= 0.6 is 0 Å². The Hall–Kier alpha value is -2.07. The van der Waals surface area contributed by atoms with E-state index >= 15 is 0 Å². The summed E-state index contributed by atoms with van der Waals surface area (Å²) in [6.07, 6.45) is 0. The number of rotatable bonds is 7. The molecule has 0 amide bonds. The minimum absolute atomic E-state index is 0.0461. The molecule has 2 rings (SSSR count). The number of furan rings is 1. The van der Waals surface area contributed by atoms with E-state index in [1.54, 1.807) is 6.07 Å². The van der Waals surface area contributed by atoms with Crippen molar-refractivity contribution in [3.05, 3.63) is 53.5 Å². The maximum atomic E-state index is 12.4. The number of carbonyl (C=O) groups excluding carboxylic acids is 1. The highest BCUT2D eigenvalue weighted by molar-refractivity contribution is 6.00. The zero-order chi connectivity index (χ0) is 15.2. The highest BCUT2D eigenvalue weighted by Gasteiger charge is 2.15. The Labute approximate surface area is 125 Å². The number of aryl methyl sites for hydroxylation is 1. The molecular formula is C17H21NO3. The van der Waals surface area contributed by atoms with E-state index in [2.05, 4.69) is 0 Å². The van der Waals surface area contributed by atoms with Gasteiger partial charge in [0, 0.05) is 0 Å². The van der Waals surface area contributed by atoms with E-state index in [1.165, 1.54) is 0 Å². The van der Waals surface area contributed by atoms with Crippen molar-refractivity contribution in [2.24, 2.45) is 0 Å². The Morgan fingerprint density at radius 3 is 2.67 bits per heavy atom. The fraction of sp³-hybridized carbons (Fsp3) is 0.353. The normalized spacial score (nSPS) is 10.9. The Kier molecular flexibility index (Phi) is 5.17. The second-order valence-electron chi connectivity index (χ2n) is 5.04. The van der Waals surface area contributed by atoms with Crippen LogP contribution in [0.3, 0.4) is 0 Å². The van der Waals surface area contributed by atoms with E-state index in [0.29, 0.717) is 31.0 Å². The van der Waals surface area contributed by atoms with Crippen LogP contribution in [-0.4, -0.2) is 30.9 Å². The first-order valence-corrected chi connectivity index (χ1v) is 7.09. The standard InChI is InChI=1S/C17H21NO3/c1-4-20-17-8-6-5-7-15(17)16(19)12-18(3)11-14-10-9-13(2)21-14/h5-10H,4,11-12H2,1-3H3. The number of ether oxygens (including phenoxy) is 1. The van der Waals surface area contributed by atoms with Gasteiger partial charge in [0.2, 0.25) is 0 Å². The summed E-state index contributed by atoms with van der Waals surface area (Å²) < 4.78 is 11.0. The fourth-order valence-corrected chi connectivity index (χ4v) is 2.20. The van der Waals surface area contributed by atoms with Crippen LogP contribution in [0.1, 0.15) is 28.8 Å². The molecule has 1 aromatic carbocycles. The van der Waals surface area contributed by atoms with E-state index in [0.717, 1.165) is 11.5 Å². The molecule has 1 aromatic heterocycles. The van der Waals surface area contributed by atoms with Crippen LogP contribution in [0, 0.1) is 6.92 Å². The molecule has 112 valence electrons. The van der Waals surface area contributed by atoms with Gasteiger partial charge in [0.25, 0.3) is 0 Å². The molecule has 4 nitrogen and oxygen atoms in total. The van der Waals surface area contributed by atoms with Gasteiger partial charge in [-0.3, -0.25) is 9.69 Å². The second kappa shape index (κ2) is 7.09. The lowest BCUT2D eigenvalue weighted by Gasteiger charge is -2.15. The summed E-state index contributed by atoms with van der Waals surface area (Å²) in [5.74, 6) is 2.43. The number of carbonyl (C=O) groups is 1. The highest BCUT2D eigenvalue weighted by Crippen LogP contribution is 2.19. The number of nitrogens with zero attached hydrogens (tertiary/aromatic N) is 1. The van der Waals surface area contributed by atoms with E-state index < -0.39 is 0 Å². The lowest BCUT2D eigenvalue weighted by Crippen LogP contribution is -2.25. The van der Waals surface area contributed by atoms with Crippen molar-refractivity contribution in [1.29, 1.82) is 0 Å². The van der Waals surface area contributed by atoms with Gasteiger partial charge in [-0.1, -0.05) is 12.1 Å². The van der Waals surface area contributed by atoms with Gasteiger partial charge in [-0.2, -0.15) is 0 Å². The van der Waals surface area contributed by atoms with E-state index in [-0.39, 0.29) is 5.78 Å². The van der Waals surface area contributed by atoms with Gasteiger partial charge in [0.05, 0.1) is 25.3 Å². The minimum atomic E-state index is 0.0461. The van der Waals surface area contributed by atoms with Crippen molar-refractivity contribution >= 4 is 5.78 Å². The Balaban J connectivity index is 2.00. The predicted octanol–water partition coefficient (Wildman–Crippen LogP) is 3.30. The van der Waals surface area contributed by atoms with Gasteiger partial charge < -0.3 is 9.15 Å². The third-order valence-corrected chi connectivity index (χ3v) is 3.12. The number of Topliss-reactive ketones (excluding diaryl/α,β-unsaturated/α-hetero) is 1. The van der Waals surface area contributed by atoms with Crippen molar-refractivity contribution in [1.82, 2.24) is 4.90 Å². The molecule has 0 bridgehead atoms. The first-order valence-electron chi connectivity index (χ1n) is 7.09. The monoisotopic (exact) mass is 287 g/mol. The molecule has 0 N–H and O–H groups in total. The molecule has 0 aliphatic carbocycles. The van der Waals surface area contributed by atoms with Crippen LogP contribution in [0.5, 0.6) is 5.75 Å². The maximum Gasteiger partial charge on any atom is 0.180 e. The Bertz CT molecular complexity index is 604. The fourth-order valence-electron chi connectivity index (χ4n) is 2.20. The number of para-hydroxylation sites is 1. The third-order valence-electron chi connectivity index (χ3n) is 3.12. The van der Waals surface area contributed by atoms with Gasteiger partial charge in [-0.15, -0.1) is 0 Å². The van der Waals surface area contributed by atoms with Crippen LogP contribution in [0.15, 0.2) is 40.8 Å². The molecule has 0 unspecified atom stereocenters. The summed E-state index contributed by atoms with van der Waals surface area (Å²) in [6, 6.07) is 11.2. The number of likely N-dealkylation sites (N-methyl/N-ethyl adjacent to an activating group) is 1. The molecule has 0 atom stereocenters. The largest absolute Gasteiger partial charge is 0.493 e. The first-order chi connectivity index (χ1) is 10.1. The van der Waals surface area contributed by atoms with Crippen LogP contribution in [-0.2, 0) is 6.54 Å². The number of benzene rings is 1. The molecule has 0 saturated heterocycles. The van der Waals surface area contributed by atoms with Crippen LogP contribution in [0.4, 0.5) is 0 Å². The molecule has 0 aliphatic rings. The Morgan fingerprint density at radius 1 is 1.24 bits per heavy atom. The molecule has 0 saturated carbocycles. The number of hydrogen-bond donors (Lipinski definition) is 0. The molecule has 21 heavy (non-hydrogen) atoms. The van der Waals surface area contributed by atoms with E-state index in [4.69, 9.17) is 9.15 Å². The Morgan fingerprint density at radius 2 is 2.00 bits per heavy atom. The topological polar surface area (TPSA) is 42.7 Å². The average Bonchev–Trinajstić information content (AvgIpc) is 2.84. The van der Waals surface area contributed by atoms with Gasteiger partial charge in [0.1, 0.15) is 17.3 Å². The lowest BCUT2D eigenvalue weighted by molar-refractivity contribution is 0.0936. The summed E-state index contributed by atoms with van der Waals surface area (Å²) in [7, 11) is 1.90. The quantitative estimate of drug-likeness (QED) is 0.733. The lowest BCUT2D eigenvalue weighted by atomic mass is 10.1. The van der Waals surface area contributed by atoms with Crippen LogP contribution in [0.2, 0.25) is 0 Å². The second-order valence-corrected chi connectivity index (χ2v) is 5.04. The summed E-state index contributed by atoms with van der Waals surface area (Å²) in [4.78, 5) is 14.3. The molecule has 0 radical (unpaired) electrons. The summed E-state index contributed by atoms with van der Waals surface area (Å²) in [5.41, 5.74) is 0.627.